The third-order valence-electron chi connectivity index (χ3n) is 4.40. The number of hydrogen-bond donors (Lipinski definition) is 0. The van der Waals surface area contributed by atoms with E-state index in [-0.39, 0.29) is 18.0 Å². The molecule has 2 fully saturated rings. The first-order valence-corrected chi connectivity index (χ1v) is 6.08. The van der Waals surface area contributed by atoms with E-state index in [9.17, 15) is 0 Å². The molecule has 1 saturated heterocycles. The smallest absolute Gasteiger partial charge is 0.176 e. The summed E-state index contributed by atoms with van der Waals surface area (Å²) in [4.78, 5) is 0. The fourth-order valence-corrected chi connectivity index (χ4v) is 3.33. The maximum absolute atomic E-state index is 6.13. The predicted molar refractivity (Wildman–Crippen MR) is 58.4 cm³/mol. The normalized spacial score (nSPS) is 57.9. The highest BCUT2D eigenvalue weighted by molar-refractivity contribution is 5.17. The van der Waals surface area contributed by atoms with Gasteiger partial charge < -0.3 is 9.47 Å². The lowest BCUT2D eigenvalue weighted by atomic mass is 9.63. The quantitative estimate of drug-likeness (QED) is 0.570. The zero-order valence-electron chi connectivity index (χ0n) is 9.82. The first-order chi connectivity index (χ1) is 7.03. The first-order valence-electron chi connectivity index (χ1n) is 6.08. The van der Waals surface area contributed by atoms with Crippen molar-refractivity contribution in [3.8, 4) is 0 Å². The van der Waals surface area contributed by atoms with Gasteiger partial charge in [0.2, 0.25) is 0 Å². The molecule has 1 aliphatic heterocycles. The van der Waals surface area contributed by atoms with Crippen molar-refractivity contribution in [3.63, 3.8) is 0 Å². The maximum Gasteiger partial charge on any atom is 0.176 e. The van der Waals surface area contributed by atoms with Gasteiger partial charge in [0.1, 0.15) is 0 Å². The molecule has 0 aromatic carbocycles. The second-order valence-electron chi connectivity index (χ2n) is 5.79. The monoisotopic (exact) mass is 208 g/mol. The number of rotatable bonds is 0. The van der Waals surface area contributed by atoms with Crippen molar-refractivity contribution in [2.75, 3.05) is 0 Å². The summed E-state index contributed by atoms with van der Waals surface area (Å²) >= 11 is 0. The molecule has 1 heterocycles. The molecule has 0 aromatic rings. The number of allylic oxidation sites excluding steroid dienone is 1. The molecule has 3 aliphatic carbocycles. The summed E-state index contributed by atoms with van der Waals surface area (Å²) in [6.45, 7) is 6.56. The zero-order valence-corrected chi connectivity index (χ0v) is 9.82. The molecule has 2 bridgehead atoms. The topological polar surface area (TPSA) is 18.5 Å². The van der Waals surface area contributed by atoms with Crippen molar-refractivity contribution in [2.24, 2.45) is 11.3 Å². The van der Waals surface area contributed by atoms with Crippen molar-refractivity contribution in [3.05, 3.63) is 12.2 Å². The lowest BCUT2D eigenvalue weighted by Crippen LogP contribution is -2.50. The molecule has 0 N–H and O–H groups in total. The molecule has 0 aromatic heterocycles. The molecular weight excluding hydrogens is 188 g/mol. The summed E-state index contributed by atoms with van der Waals surface area (Å²) < 4.78 is 12.3. The van der Waals surface area contributed by atoms with Gasteiger partial charge in [-0.3, -0.25) is 0 Å². The minimum absolute atomic E-state index is 0.237. The minimum Gasteiger partial charge on any atom is -0.344 e. The summed E-state index contributed by atoms with van der Waals surface area (Å²) in [5.41, 5.74) is 0.304. The third kappa shape index (κ3) is 1.31. The number of ether oxygens (including phenoxy) is 2. The second kappa shape index (κ2) is 2.86. The van der Waals surface area contributed by atoms with Crippen LogP contribution in [0, 0.1) is 11.3 Å². The van der Waals surface area contributed by atoms with Gasteiger partial charge in [-0.05, 0) is 32.1 Å². The van der Waals surface area contributed by atoms with Crippen LogP contribution >= 0.6 is 0 Å². The van der Waals surface area contributed by atoms with E-state index in [0.29, 0.717) is 11.3 Å². The fourth-order valence-electron chi connectivity index (χ4n) is 3.33. The predicted octanol–water partition coefficient (Wildman–Crippen LogP) is 2.88. The molecule has 0 radical (unpaired) electrons. The number of fused-ring (bicyclic) bond motifs is 1. The van der Waals surface area contributed by atoms with Gasteiger partial charge in [0.25, 0.3) is 0 Å². The van der Waals surface area contributed by atoms with Gasteiger partial charge in [0.05, 0.1) is 12.2 Å². The summed E-state index contributed by atoms with van der Waals surface area (Å²) in [6, 6.07) is 0. The Morgan fingerprint density at radius 3 is 2.33 bits per heavy atom. The third-order valence-corrected chi connectivity index (χ3v) is 4.40. The molecule has 1 saturated carbocycles. The van der Waals surface area contributed by atoms with E-state index in [2.05, 4.69) is 32.9 Å². The van der Waals surface area contributed by atoms with Crippen LogP contribution in [0.5, 0.6) is 0 Å². The summed E-state index contributed by atoms with van der Waals surface area (Å²) in [5, 5.41) is 0. The highest BCUT2D eigenvalue weighted by atomic mass is 16.8. The SMILES string of the molecule is CC1OC2(CC3(C)C=CC2CC3)OC1C. The van der Waals surface area contributed by atoms with Crippen molar-refractivity contribution in [1.82, 2.24) is 0 Å². The van der Waals surface area contributed by atoms with Crippen LogP contribution in [0.25, 0.3) is 0 Å². The highest BCUT2D eigenvalue weighted by Crippen LogP contribution is 2.55. The van der Waals surface area contributed by atoms with Crippen LogP contribution in [-0.4, -0.2) is 18.0 Å². The molecule has 1 spiro atoms. The van der Waals surface area contributed by atoms with Crippen molar-refractivity contribution in [1.29, 1.82) is 0 Å². The van der Waals surface area contributed by atoms with Gasteiger partial charge in [0.15, 0.2) is 5.79 Å². The largest absolute Gasteiger partial charge is 0.344 e. The lowest BCUT2D eigenvalue weighted by molar-refractivity contribution is -0.235. The molecule has 4 unspecified atom stereocenters. The molecule has 15 heavy (non-hydrogen) atoms. The summed E-state index contributed by atoms with van der Waals surface area (Å²) in [5.74, 6) is 0.187. The first kappa shape index (κ1) is 9.86. The van der Waals surface area contributed by atoms with Gasteiger partial charge in [0, 0.05) is 12.3 Å². The Labute approximate surface area is 91.6 Å². The fraction of sp³-hybridized carbons (Fsp3) is 0.846. The van der Waals surface area contributed by atoms with Crippen molar-refractivity contribution < 1.29 is 9.47 Å². The summed E-state index contributed by atoms with van der Waals surface area (Å²) in [6.07, 6.45) is 8.70. The van der Waals surface area contributed by atoms with E-state index >= 15 is 0 Å². The van der Waals surface area contributed by atoms with Crippen LogP contribution in [0.1, 0.15) is 40.0 Å². The molecule has 0 amide bonds. The lowest BCUT2D eigenvalue weighted by Gasteiger charge is -2.49. The van der Waals surface area contributed by atoms with Crippen LogP contribution in [0.2, 0.25) is 0 Å². The Morgan fingerprint density at radius 1 is 1.20 bits per heavy atom. The average molecular weight is 208 g/mol. The van der Waals surface area contributed by atoms with Crippen molar-refractivity contribution in [2.45, 2.75) is 58.0 Å². The number of hydrogen-bond acceptors (Lipinski definition) is 2. The molecule has 4 rings (SSSR count). The molecule has 4 aliphatic rings. The molecule has 2 heteroatoms. The molecule has 84 valence electrons. The van der Waals surface area contributed by atoms with Crippen LogP contribution in [-0.2, 0) is 9.47 Å². The maximum atomic E-state index is 6.13. The van der Waals surface area contributed by atoms with E-state index in [1.165, 1.54) is 12.8 Å². The highest BCUT2D eigenvalue weighted by Gasteiger charge is 2.56. The molecule has 2 nitrogen and oxygen atoms in total. The van der Waals surface area contributed by atoms with E-state index in [4.69, 9.17) is 9.47 Å². The van der Waals surface area contributed by atoms with Gasteiger partial charge in [-0.15, -0.1) is 0 Å². The van der Waals surface area contributed by atoms with Gasteiger partial charge in [-0.2, -0.15) is 0 Å². The van der Waals surface area contributed by atoms with E-state index in [1.807, 2.05) is 0 Å². The standard InChI is InChI=1S/C13H20O2/c1-9-10(2)15-13(14-9)8-12(3)6-4-11(13)5-7-12/h4,6,9-11H,5,7-8H2,1-3H3. The van der Waals surface area contributed by atoms with Gasteiger partial charge in [-0.1, -0.05) is 19.1 Å². The van der Waals surface area contributed by atoms with Gasteiger partial charge in [-0.25, -0.2) is 0 Å². The minimum atomic E-state index is -0.291. The second-order valence-corrected chi connectivity index (χ2v) is 5.79. The van der Waals surface area contributed by atoms with E-state index in [0.717, 1.165) is 6.42 Å². The van der Waals surface area contributed by atoms with E-state index < -0.39 is 0 Å². The summed E-state index contributed by atoms with van der Waals surface area (Å²) in [7, 11) is 0. The Bertz CT molecular complexity index is 300. The van der Waals surface area contributed by atoms with Crippen LogP contribution in [0.4, 0.5) is 0 Å². The average Bonchev–Trinajstić information content (AvgIpc) is 2.41. The Morgan fingerprint density at radius 2 is 1.87 bits per heavy atom. The Balaban J connectivity index is 1.93. The Kier molecular flexibility index (Phi) is 1.88. The molecule has 4 atom stereocenters. The van der Waals surface area contributed by atoms with Crippen LogP contribution in [0.15, 0.2) is 12.2 Å². The Hall–Kier alpha value is -0.340. The van der Waals surface area contributed by atoms with Crippen LogP contribution in [0.3, 0.4) is 0 Å². The molecular formula is C13H20O2. The van der Waals surface area contributed by atoms with Gasteiger partial charge >= 0.3 is 0 Å². The van der Waals surface area contributed by atoms with Crippen molar-refractivity contribution >= 4 is 0 Å². The van der Waals surface area contributed by atoms with Crippen LogP contribution < -0.4 is 0 Å². The zero-order chi connectivity index (χ0) is 10.7. The van der Waals surface area contributed by atoms with E-state index in [1.54, 1.807) is 0 Å².